The molecule has 0 aliphatic carbocycles. The van der Waals surface area contributed by atoms with E-state index in [1.165, 1.54) is 11.1 Å². The largest absolute Gasteiger partial charge is 0.496 e. The third-order valence-corrected chi connectivity index (χ3v) is 7.39. The minimum absolute atomic E-state index is 0.764. The Morgan fingerprint density at radius 1 is 1.05 bits per heavy atom. The van der Waals surface area contributed by atoms with Crippen LogP contribution in [-0.4, -0.2) is 98.8 Å². The van der Waals surface area contributed by atoms with E-state index in [0.29, 0.717) is 0 Å². The van der Waals surface area contributed by atoms with Crippen molar-refractivity contribution in [1.29, 1.82) is 0 Å². The Kier molecular flexibility index (Phi) is 14.0. The fourth-order valence-electron chi connectivity index (χ4n) is 4.83. The minimum Gasteiger partial charge on any atom is -0.496 e. The van der Waals surface area contributed by atoms with Gasteiger partial charge in [0, 0.05) is 75.9 Å². The first-order valence-electron chi connectivity index (χ1n) is 14.7. The molecule has 42 heavy (non-hydrogen) atoms. The molecule has 3 heterocycles. The number of carbonyl (C=O) groups excluding carboxylic acids is 1. The van der Waals surface area contributed by atoms with Crippen molar-refractivity contribution in [3.05, 3.63) is 96.1 Å². The van der Waals surface area contributed by atoms with Gasteiger partial charge in [0.05, 0.1) is 20.3 Å². The van der Waals surface area contributed by atoms with Crippen molar-refractivity contribution in [2.75, 3.05) is 78.0 Å². The van der Waals surface area contributed by atoms with Gasteiger partial charge in [-0.2, -0.15) is 0 Å². The maximum Gasteiger partial charge on any atom is 0.209 e. The Morgan fingerprint density at radius 3 is 2.36 bits per heavy atom. The summed E-state index contributed by atoms with van der Waals surface area (Å²) < 4.78 is 10.7. The zero-order valence-electron chi connectivity index (χ0n) is 25.7. The Balaban J connectivity index is 0.000000258. The molecule has 0 radical (unpaired) electrons. The molecule has 1 amide bonds. The summed E-state index contributed by atoms with van der Waals surface area (Å²) in [7, 11) is 1.65. The minimum atomic E-state index is 0.764. The summed E-state index contributed by atoms with van der Waals surface area (Å²) in [4.78, 5) is 21.9. The maximum absolute atomic E-state index is 10.6. The number of piperazine rings is 1. The number of allylic oxidation sites excluding steroid dienone is 4. The van der Waals surface area contributed by atoms with Crippen LogP contribution < -0.4 is 5.32 Å². The number of hydrogen-bond acceptors (Lipinski definition) is 7. The molecule has 4 rings (SSSR count). The second-order valence-electron chi connectivity index (χ2n) is 10.4. The van der Waals surface area contributed by atoms with Crippen LogP contribution in [-0.2, 0) is 14.3 Å². The first-order chi connectivity index (χ1) is 20.5. The molecule has 2 aromatic rings. The Morgan fingerprint density at radius 2 is 1.76 bits per heavy atom. The monoisotopic (exact) mass is 573 g/mol. The second kappa shape index (κ2) is 18.0. The molecule has 2 aliphatic rings. The van der Waals surface area contributed by atoms with Crippen molar-refractivity contribution in [2.24, 2.45) is 0 Å². The van der Waals surface area contributed by atoms with Crippen LogP contribution in [0.3, 0.4) is 0 Å². The van der Waals surface area contributed by atoms with E-state index in [9.17, 15) is 4.79 Å². The number of rotatable bonds is 11. The van der Waals surface area contributed by atoms with Crippen molar-refractivity contribution >= 4 is 12.2 Å². The highest BCUT2D eigenvalue weighted by Gasteiger charge is 2.17. The van der Waals surface area contributed by atoms with E-state index in [0.717, 1.165) is 100 Å². The van der Waals surface area contributed by atoms with Gasteiger partial charge in [0.1, 0.15) is 11.6 Å². The first-order valence-corrected chi connectivity index (χ1v) is 14.7. The molecule has 0 atom stereocenters. The Labute approximate surface area is 252 Å². The number of pyridine rings is 1. The summed E-state index contributed by atoms with van der Waals surface area (Å²) >= 11 is 0. The van der Waals surface area contributed by atoms with E-state index in [4.69, 9.17) is 9.47 Å². The topological polar surface area (TPSA) is 70.2 Å². The van der Waals surface area contributed by atoms with Crippen molar-refractivity contribution in [2.45, 2.75) is 20.8 Å². The van der Waals surface area contributed by atoms with Crippen molar-refractivity contribution in [3.8, 4) is 11.1 Å². The number of methoxy groups -OCH3 is 1. The lowest BCUT2D eigenvalue weighted by molar-refractivity contribution is -0.119. The van der Waals surface area contributed by atoms with E-state index < -0.39 is 0 Å². The van der Waals surface area contributed by atoms with Gasteiger partial charge in [-0.15, -0.1) is 0 Å². The van der Waals surface area contributed by atoms with Crippen LogP contribution in [0.25, 0.3) is 11.1 Å². The van der Waals surface area contributed by atoms with Gasteiger partial charge in [-0.05, 0) is 50.1 Å². The van der Waals surface area contributed by atoms with Gasteiger partial charge >= 0.3 is 0 Å². The van der Waals surface area contributed by atoms with E-state index in [2.05, 4.69) is 70.9 Å². The second-order valence-corrected chi connectivity index (χ2v) is 10.4. The molecule has 2 fully saturated rings. The number of aromatic nitrogens is 1. The number of nitrogens with zero attached hydrogens (tertiary/aromatic N) is 4. The molecule has 0 bridgehead atoms. The van der Waals surface area contributed by atoms with Crippen molar-refractivity contribution in [3.63, 3.8) is 0 Å². The highest BCUT2D eigenvalue weighted by molar-refractivity contribution is 5.66. The van der Waals surface area contributed by atoms with Crippen LogP contribution in [0.4, 0.5) is 5.82 Å². The lowest BCUT2D eigenvalue weighted by Crippen LogP contribution is -2.48. The third kappa shape index (κ3) is 10.6. The number of carbonyl (C=O) groups is 1. The predicted molar refractivity (Wildman–Crippen MR) is 172 cm³/mol. The molecule has 1 aromatic heterocycles. The number of amides is 1. The molecule has 1 aromatic carbocycles. The van der Waals surface area contributed by atoms with Gasteiger partial charge in [0.2, 0.25) is 6.41 Å². The summed E-state index contributed by atoms with van der Waals surface area (Å²) in [5, 5.41) is 3.25. The lowest BCUT2D eigenvalue weighted by Gasteiger charge is -2.34. The van der Waals surface area contributed by atoms with Crippen LogP contribution in [0.5, 0.6) is 0 Å². The first kappa shape index (κ1) is 32.8. The molecule has 0 spiro atoms. The number of nitrogens with one attached hydrogen (secondary N) is 1. The average molecular weight is 574 g/mol. The molecule has 0 unspecified atom stereocenters. The fraction of sp³-hybridized carbons (Fsp3) is 0.412. The molecule has 1 N–H and O–H groups in total. The molecule has 8 heteroatoms. The molecule has 0 saturated carbocycles. The molecular weight excluding hydrogens is 526 g/mol. The van der Waals surface area contributed by atoms with Gasteiger partial charge in [0.25, 0.3) is 0 Å². The van der Waals surface area contributed by atoms with Gasteiger partial charge in [-0.1, -0.05) is 48.6 Å². The summed E-state index contributed by atoms with van der Waals surface area (Å²) in [6.45, 7) is 19.7. The van der Waals surface area contributed by atoms with Crippen molar-refractivity contribution < 1.29 is 14.3 Å². The number of anilines is 1. The number of hydrogen-bond donors (Lipinski definition) is 1. The number of ether oxygens (including phenoxy) is 2. The SMILES string of the molecule is C=C\C=C(OC)/C(=C\C)/C=C/Nc1ncc(-c2cccc(C)c2)cc1C.O=CN1CCN(CCN2CCOCC2)CC1. The van der Waals surface area contributed by atoms with Crippen LogP contribution in [0, 0.1) is 13.8 Å². The zero-order chi connectivity index (χ0) is 30.2. The normalized spacial score (nSPS) is 17.0. The summed E-state index contributed by atoms with van der Waals surface area (Å²) in [6, 6.07) is 10.6. The van der Waals surface area contributed by atoms with Crippen molar-refractivity contribution in [1.82, 2.24) is 19.7 Å². The Bertz CT molecular complexity index is 1230. The van der Waals surface area contributed by atoms with Crippen LogP contribution in [0.15, 0.2) is 84.9 Å². The summed E-state index contributed by atoms with van der Waals surface area (Å²) in [5.74, 6) is 1.60. The summed E-state index contributed by atoms with van der Waals surface area (Å²) in [5.41, 5.74) is 5.59. The highest BCUT2D eigenvalue weighted by Crippen LogP contribution is 2.23. The molecular formula is C34H47N5O3. The third-order valence-electron chi connectivity index (χ3n) is 7.39. The van der Waals surface area contributed by atoms with E-state index in [-0.39, 0.29) is 0 Å². The van der Waals surface area contributed by atoms with Gasteiger partial charge in [-0.3, -0.25) is 14.6 Å². The van der Waals surface area contributed by atoms with E-state index in [1.54, 1.807) is 13.2 Å². The zero-order valence-corrected chi connectivity index (χ0v) is 25.7. The molecule has 226 valence electrons. The smallest absolute Gasteiger partial charge is 0.209 e. The lowest BCUT2D eigenvalue weighted by atomic mass is 10.0. The van der Waals surface area contributed by atoms with Crippen LogP contribution in [0.2, 0.25) is 0 Å². The molecule has 2 aliphatic heterocycles. The van der Waals surface area contributed by atoms with Gasteiger partial charge in [-0.25, -0.2) is 4.98 Å². The summed E-state index contributed by atoms with van der Waals surface area (Å²) in [6.07, 6.45) is 12.2. The standard InChI is InChI=1S/C23H26N2O.C11H21N3O2/c1-6-9-22(26-5)19(7-2)12-13-24-23-18(4)15-21(16-25-23)20-11-8-10-17(3)14-20;15-11-14-5-3-12(4-6-14)1-2-13-7-9-16-10-8-13/h6-16H,1H2,2-5H3,(H,24,25);11H,1-10H2/b13-12+,19-7-,22-9+;. The number of benzene rings is 1. The highest BCUT2D eigenvalue weighted by atomic mass is 16.5. The molecule has 8 nitrogen and oxygen atoms in total. The number of morpholine rings is 1. The van der Waals surface area contributed by atoms with Crippen LogP contribution in [0.1, 0.15) is 18.1 Å². The van der Waals surface area contributed by atoms with Gasteiger partial charge in [0.15, 0.2) is 0 Å². The van der Waals surface area contributed by atoms with Gasteiger partial charge < -0.3 is 19.7 Å². The quantitative estimate of drug-likeness (QED) is 0.229. The maximum atomic E-state index is 10.6. The van der Waals surface area contributed by atoms with E-state index in [1.807, 2.05) is 42.4 Å². The molecule has 2 saturated heterocycles. The average Bonchev–Trinajstić information content (AvgIpc) is 3.03. The van der Waals surface area contributed by atoms with Crippen LogP contribution >= 0.6 is 0 Å². The Hall–Kier alpha value is -3.72. The van der Waals surface area contributed by atoms with E-state index >= 15 is 0 Å². The predicted octanol–water partition coefficient (Wildman–Crippen LogP) is 5.05. The fourth-order valence-corrected chi connectivity index (χ4v) is 4.83. The number of aryl methyl sites for hydroxylation is 2.